The van der Waals surface area contributed by atoms with Crippen molar-refractivity contribution < 1.29 is 35.5 Å². The van der Waals surface area contributed by atoms with Crippen molar-refractivity contribution in [2.45, 2.75) is 17.7 Å². The molecular weight excluding hydrogens is 379 g/mol. The Morgan fingerprint density at radius 1 is 1.25 bits per heavy atom. The second kappa shape index (κ2) is 6.32. The highest BCUT2D eigenvalue weighted by Gasteiger charge is 2.41. The van der Waals surface area contributed by atoms with E-state index in [0.29, 0.717) is 0 Å². The molecule has 0 N–H and O–H groups in total. The second-order valence-corrected chi connectivity index (χ2v) is 6.90. The molecule has 12 heteroatoms. The summed E-state index contributed by atoms with van der Waals surface area (Å²) in [5.74, 6) is -3.71. The van der Waals surface area contributed by atoms with Crippen LogP contribution < -0.4 is 5.76 Å². The lowest BCUT2D eigenvalue weighted by atomic mass is 10.3. The van der Waals surface area contributed by atoms with Crippen LogP contribution in [0.25, 0.3) is 5.69 Å². The predicted molar refractivity (Wildman–Crippen MR) is 73.2 cm³/mol. The van der Waals surface area contributed by atoms with E-state index >= 15 is 0 Å². The maximum absolute atomic E-state index is 12.0. The summed E-state index contributed by atoms with van der Waals surface area (Å²) < 4.78 is 67.7. The molecule has 1 heterocycles. The molecule has 0 aliphatic carbocycles. The van der Waals surface area contributed by atoms with Gasteiger partial charge in [0, 0.05) is 10.7 Å². The largest absolute Gasteiger partial charge is 0.490 e. The zero-order valence-corrected chi connectivity index (χ0v) is 13.0. The molecule has 1 aromatic carbocycles. The molecule has 0 fully saturated rings. The van der Waals surface area contributed by atoms with Crippen molar-refractivity contribution in [3.63, 3.8) is 0 Å². The molecule has 0 atom stereocenters. The molecule has 0 saturated carbocycles. The Hall–Kier alpha value is -2.27. The van der Waals surface area contributed by atoms with Crippen LogP contribution in [-0.4, -0.2) is 25.1 Å². The zero-order valence-electron chi connectivity index (χ0n) is 11.4. The minimum absolute atomic E-state index is 0.168. The molecule has 2 rings (SSSR count). The summed E-state index contributed by atoms with van der Waals surface area (Å²) >= 11 is 0. The van der Waals surface area contributed by atoms with Crippen molar-refractivity contribution >= 4 is 25.7 Å². The van der Waals surface area contributed by atoms with Gasteiger partial charge in [-0.05, 0) is 24.3 Å². The Balaban J connectivity index is 2.20. The van der Waals surface area contributed by atoms with Gasteiger partial charge < -0.3 is 9.15 Å². The van der Waals surface area contributed by atoms with E-state index in [1.54, 1.807) is 0 Å². The minimum atomic E-state index is -5.16. The van der Waals surface area contributed by atoms with Gasteiger partial charge in [0.05, 0.1) is 16.8 Å². The van der Waals surface area contributed by atoms with Crippen molar-refractivity contribution in [1.82, 2.24) is 4.57 Å². The lowest BCUT2D eigenvalue weighted by molar-refractivity contribution is -0.201. The standard InChI is InChI=1S/C12H7ClF3NO6S/c13-24(20,21)9-3-1-7(2-4-9)17-5-8(23-11(17)19)6-22-10(18)12(14,15)16/h1-5H,6H2. The van der Waals surface area contributed by atoms with Gasteiger partial charge in [0.25, 0.3) is 9.05 Å². The number of benzene rings is 1. The number of halogens is 4. The highest BCUT2D eigenvalue weighted by Crippen LogP contribution is 2.19. The summed E-state index contributed by atoms with van der Waals surface area (Å²) in [6.45, 7) is -0.894. The average Bonchev–Trinajstić information content (AvgIpc) is 2.84. The van der Waals surface area contributed by atoms with Gasteiger partial charge >= 0.3 is 17.9 Å². The van der Waals surface area contributed by atoms with E-state index in [1.165, 1.54) is 12.1 Å². The number of nitrogens with zero attached hydrogens (tertiary/aromatic N) is 1. The normalized spacial score (nSPS) is 12.2. The van der Waals surface area contributed by atoms with Crippen molar-refractivity contribution in [1.29, 1.82) is 0 Å². The van der Waals surface area contributed by atoms with Gasteiger partial charge in [-0.1, -0.05) is 0 Å². The molecular formula is C12H7ClF3NO6S. The van der Waals surface area contributed by atoms with Crippen molar-refractivity contribution in [2.24, 2.45) is 0 Å². The number of carbonyl (C=O) groups is 1. The minimum Gasteiger partial charge on any atom is -0.451 e. The summed E-state index contributed by atoms with van der Waals surface area (Å²) in [6.07, 6.45) is -4.15. The number of esters is 1. The molecule has 0 spiro atoms. The molecule has 0 bridgehead atoms. The Kier molecular flexibility index (Phi) is 4.76. The SMILES string of the molecule is O=C(OCc1cn(-c2ccc(S(=O)(=O)Cl)cc2)c(=O)o1)C(F)(F)F. The lowest BCUT2D eigenvalue weighted by Gasteiger charge is -2.04. The van der Waals surface area contributed by atoms with Gasteiger partial charge in [0.2, 0.25) is 0 Å². The Labute approximate surface area is 136 Å². The number of rotatable bonds is 4. The fourth-order valence-corrected chi connectivity index (χ4v) is 2.39. The molecule has 130 valence electrons. The molecule has 0 unspecified atom stereocenters. The van der Waals surface area contributed by atoms with Crippen LogP contribution in [0.5, 0.6) is 0 Å². The van der Waals surface area contributed by atoms with E-state index in [-0.39, 0.29) is 16.3 Å². The first-order valence-electron chi connectivity index (χ1n) is 5.99. The summed E-state index contributed by atoms with van der Waals surface area (Å²) in [6, 6.07) is 4.72. The third-order valence-corrected chi connectivity index (χ3v) is 4.03. The molecule has 1 aromatic heterocycles. The Bertz CT molecular complexity index is 914. The Morgan fingerprint density at radius 2 is 1.83 bits per heavy atom. The van der Waals surface area contributed by atoms with Crippen molar-refractivity contribution in [3.8, 4) is 5.69 Å². The van der Waals surface area contributed by atoms with Crippen LogP contribution in [-0.2, 0) is 25.2 Å². The topological polar surface area (TPSA) is 95.6 Å². The smallest absolute Gasteiger partial charge is 0.451 e. The fraction of sp³-hybridized carbons (Fsp3) is 0.167. The van der Waals surface area contributed by atoms with Gasteiger partial charge in [0.1, 0.15) is 0 Å². The monoisotopic (exact) mass is 385 g/mol. The molecule has 0 saturated heterocycles. The van der Waals surface area contributed by atoms with E-state index in [9.17, 15) is 31.2 Å². The van der Waals surface area contributed by atoms with Gasteiger partial charge in [-0.2, -0.15) is 13.2 Å². The third kappa shape index (κ3) is 4.17. The van der Waals surface area contributed by atoms with Crippen LogP contribution in [0.2, 0.25) is 0 Å². The van der Waals surface area contributed by atoms with E-state index in [4.69, 9.17) is 10.7 Å². The maximum atomic E-state index is 12.0. The number of aromatic nitrogens is 1. The highest BCUT2D eigenvalue weighted by atomic mass is 35.7. The van der Waals surface area contributed by atoms with Crippen LogP contribution in [0.4, 0.5) is 13.2 Å². The van der Waals surface area contributed by atoms with E-state index in [1.807, 2.05) is 0 Å². The Morgan fingerprint density at radius 3 is 2.33 bits per heavy atom. The number of alkyl halides is 3. The summed E-state index contributed by atoms with van der Waals surface area (Å²) in [5, 5.41) is 0. The van der Waals surface area contributed by atoms with E-state index < -0.39 is 33.6 Å². The van der Waals surface area contributed by atoms with Gasteiger partial charge in [-0.15, -0.1) is 0 Å². The summed E-state index contributed by atoms with van der Waals surface area (Å²) in [4.78, 5) is 22.0. The van der Waals surface area contributed by atoms with Gasteiger partial charge in [0.15, 0.2) is 12.4 Å². The van der Waals surface area contributed by atoms with Crippen LogP contribution in [0, 0.1) is 0 Å². The summed E-state index contributed by atoms with van der Waals surface area (Å²) in [7, 11) is 1.20. The predicted octanol–water partition coefficient (Wildman–Crippen LogP) is 1.96. The van der Waals surface area contributed by atoms with Crippen molar-refractivity contribution in [3.05, 3.63) is 46.8 Å². The summed E-state index contributed by atoms with van der Waals surface area (Å²) in [5.41, 5.74) is 0.168. The fourth-order valence-electron chi connectivity index (χ4n) is 1.62. The quantitative estimate of drug-likeness (QED) is 0.589. The second-order valence-electron chi connectivity index (χ2n) is 4.34. The molecule has 0 aliphatic rings. The molecule has 0 aliphatic heterocycles. The first kappa shape index (κ1) is 18.1. The molecule has 7 nitrogen and oxygen atoms in total. The number of ether oxygens (including phenoxy) is 1. The maximum Gasteiger partial charge on any atom is 0.490 e. The molecule has 0 amide bonds. The van der Waals surface area contributed by atoms with Gasteiger partial charge in [-0.3, -0.25) is 0 Å². The molecule has 2 aromatic rings. The highest BCUT2D eigenvalue weighted by molar-refractivity contribution is 8.13. The average molecular weight is 386 g/mol. The van der Waals surface area contributed by atoms with Gasteiger partial charge in [-0.25, -0.2) is 22.6 Å². The number of hydrogen-bond donors (Lipinski definition) is 0. The number of oxazole rings is 1. The third-order valence-electron chi connectivity index (χ3n) is 2.66. The van der Waals surface area contributed by atoms with Crippen LogP contribution in [0.15, 0.2) is 44.6 Å². The first-order chi connectivity index (χ1) is 11.0. The lowest BCUT2D eigenvalue weighted by Crippen LogP contribution is -2.25. The molecule has 0 radical (unpaired) electrons. The van der Waals surface area contributed by atoms with E-state index in [2.05, 4.69) is 9.15 Å². The zero-order chi connectivity index (χ0) is 18.1. The van der Waals surface area contributed by atoms with E-state index in [0.717, 1.165) is 22.9 Å². The van der Waals surface area contributed by atoms with Crippen molar-refractivity contribution in [2.75, 3.05) is 0 Å². The van der Waals surface area contributed by atoms with Crippen LogP contribution in [0.1, 0.15) is 5.76 Å². The molecule has 24 heavy (non-hydrogen) atoms. The number of carbonyl (C=O) groups excluding carboxylic acids is 1. The van der Waals surface area contributed by atoms with Crippen LogP contribution in [0.3, 0.4) is 0 Å². The first-order valence-corrected chi connectivity index (χ1v) is 8.30. The number of hydrogen-bond acceptors (Lipinski definition) is 6. The van der Waals surface area contributed by atoms with Crippen LogP contribution >= 0.6 is 10.7 Å².